The molecule has 6 heteroatoms. The van der Waals surface area contributed by atoms with Gasteiger partial charge in [-0.2, -0.15) is 0 Å². The number of hydrogen-bond donors (Lipinski definition) is 2. The Morgan fingerprint density at radius 1 is 1.10 bits per heavy atom. The number of hydrogen-bond acceptors (Lipinski definition) is 4. The average molecular weight is 351 g/mol. The van der Waals surface area contributed by atoms with Crippen molar-refractivity contribution in [1.82, 2.24) is 0 Å². The molecule has 0 aliphatic carbocycles. The number of anilines is 2. The van der Waals surface area contributed by atoms with Crippen LogP contribution in [0.1, 0.15) is 10.4 Å². The van der Waals surface area contributed by atoms with Gasteiger partial charge in [-0.15, -0.1) is 0 Å². The number of amides is 1. The Hall–Kier alpha value is -2.21. The summed E-state index contributed by atoms with van der Waals surface area (Å²) in [5.41, 5.74) is 7.37. The van der Waals surface area contributed by atoms with Gasteiger partial charge in [-0.25, -0.2) is 0 Å². The van der Waals surface area contributed by atoms with E-state index >= 15 is 0 Å². The molecule has 0 heterocycles. The van der Waals surface area contributed by atoms with Gasteiger partial charge in [-0.3, -0.25) is 4.79 Å². The maximum absolute atomic E-state index is 12.2. The SMILES string of the molecule is COc1cc(NC(=O)c2ccc(N)c(Br)c2)cc(OC)c1. The highest BCUT2D eigenvalue weighted by Gasteiger charge is 2.10. The second kappa shape index (κ2) is 6.49. The first-order valence-electron chi connectivity index (χ1n) is 6.13. The van der Waals surface area contributed by atoms with Crippen molar-refractivity contribution < 1.29 is 14.3 Å². The third kappa shape index (κ3) is 3.66. The maximum atomic E-state index is 12.2. The van der Waals surface area contributed by atoms with Crippen molar-refractivity contribution in [1.29, 1.82) is 0 Å². The fraction of sp³-hybridized carbons (Fsp3) is 0.133. The predicted octanol–water partition coefficient (Wildman–Crippen LogP) is 3.30. The van der Waals surface area contributed by atoms with Crippen LogP contribution < -0.4 is 20.5 Å². The van der Waals surface area contributed by atoms with E-state index in [0.29, 0.717) is 32.9 Å². The van der Waals surface area contributed by atoms with E-state index in [9.17, 15) is 4.79 Å². The third-order valence-corrected chi connectivity index (χ3v) is 3.56. The van der Waals surface area contributed by atoms with Crippen molar-refractivity contribution in [2.24, 2.45) is 0 Å². The van der Waals surface area contributed by atoms with E-state index in [1.165, 1.54) is 0 Å². The van der Waals surface area contributed by atoms with Gasteiger partial charge >= 0.3 is 0 Å². The number of ether oxygens (including phenoxy) is 2. The van der Waals surface area contributed by atoms with Crippen molar-refractivity contribution in [3.63, 3.8) is 0 Å². The summed E-state index contributed by atoms with van der Waals surface area (Å²) in [6, 6.07) is 10.2. The summed E-state index contributed by atoms with van der Waals surface area (Å²) in [4.78, 5) is 12.2. The monoisotopic (exact) mass is 350 g/mol. The van der Waals surface area contributed by atoms with Crippen molar-refractivity contribution in [2.75, 3.05) is 25.3 Å². The largest absolute Gasteiger partial charge is 0.497 e. The molecule has 110 valence electrons. The van der Waals surface area contributed by atoms with Crippen LogP contribution >= 0.6 is 15.9 Å². The smallest absolute Gasteiger partial charge is 0.255 e. The van der Waals surface area contributed by atoms with Crippen LogP contribution in [0, 0.1) is 0 Å². The number of methoxy groups -OCH3 is 2. The summed E-state index contributed by atoms with van der Waals surface area (Å²) in [7, 11) is 3.11. The molecule has 0 saturated heterocycles. The van der Waals surface area contributed by atoms with E-state index in [1.807, 2.05) is 0 Å². The Morgan fingerprint density at radius 3 is 2.24 bits per heavy atom. The highest BCUT2D eigenvalue weighted by Crippen LogP contribution is 2.26. The summed E-state index contributed by atoms with van der Waals surface area (Å²) in [5, 5.41) is 2.79. The van der Waals surface area contributed by atoms with Gasteiger partial charge in [-0.05, 0) is 34.1 Å². The van der Waals surface area contributed by atoms with E-state index in [0.717, 1.165) is 0 Å². The first-order chi connectivity index (χ1) is 10.0. The van der Waals surface area contributed by atoms with Gasteiger partial charge in [-0.1, -0.05) is 0 Å². The molecule has 2 aromatic carbocycles. The molecule has 0 saturated carbocycles. The lowest BCUT2D eigenvalue weighted by atomic mass is 10.2. The van der Waals surface area contributed by atoms with Crippen molar-refractivity contribution >= 4 is 33.2 Å². The minimum Gasteiger partial charge on any atom is -0.497 e. The number of halogens is 1. The van der Waals surface area contributed by atoms with Crippen LogP contribution in [-0.4, -0.2) is 20.1 Å². The van der Waals surface area contributed by atoms with Crippen LogP contribution in [0.15, 0.2) is 40.9 Å². The lowest BCUT2D eigenvalue weighted by Gasteiger charge is -2.10. The highest BCUT2D eigenvalue weighted by molar-refractivity contribution is 9.10. The minimum atomic E-state index is -0.244. The number of carbonyl (C=O) groups is 1. The molecule has 0 bridgehead atoms. The standard InChI is InChI=1S/C15H15BrN2O3/c1-20-11-6-10(7-12(8-11)21-2)18-15(19)9-3-4-14(17)13(16)5-9/h3-8H,17H2,1-2H3,(H,18,19). The molecule has 0 spiro atoms. The topological polar surface area (TPSA) is 73.6 Å². The van der Waals surface area contributed by atoms with E-state index in [-0.39, 0.29) is 5.91 Å². The van der Waals surface area contributed by atoms with Crippen molar-refractivity contribution in [3.8, 4) is 11.5 Å². The zero-order valence-electron chi connectivity index (χ0n) is 11.6. The first-order valence-corrected chi connectivity index (χ1v) is 6.92. The molecule has 1 amide bonds. The Kier molecular flexibility index (Phi) is 4.70. The number of rotatable bonds is 4. The second-order valence-corrected chi connectivity index (χ2v) is 5.15. The fourth-order valence-electron chi connectivity index (χ4n) is 1.75. The number of nitrogens with two attached hydrogens (primary N) is 1. The molecule has 0 fully saturated rings. The second-order valence-electron chi connectivity index (χ2n) is 4.29. The van der Waals surface area contributed by atoms with Gasteiger partial charge in [0.2, 0.25) is 0 Å². The Bertz CT molecular complexity index is 652. The fourth-order valence-corrected chi connectivity index (χ4v) is 2.13. The molecule has 0 radical (unpaired) electrons. The summed E-state index contributed by atoms with van der Waals surface area (Å²) < 4.78 is 11.0. The minimum absolute atomic E-state index is 0.244. The van der Waals surface area contributed by atoms with Crippen molar-refractivity contribution in [3.05, 3.63) is 46.4 Å². The lowest BCUT2D eigenvalue weighted by molar-refractivity contribution is 0.102. The van der Waals surface area contributed by atoms with Crippen LogP contribution in [0.2, 0.25) is 0 Å². The van der Waals surface area contributed by atoms with Crippen LogP contribution in [0.25, 0.3) is 0 Å². The number of nitrogens with one attached hydrogen (secondary N) is 1. The number of nitrogen functional groups attached to an aromatic ring is 1. The zero-order valence-corrected chi connectivity index (χ0v) is 13.2. The van der Waals surface area contributed by atoms with Gasteiger partial charge in [0.25, 0.3) is 5.91 Å². The Labute approximate surface area is 131 Å². The predicted molar refractivity (Wildman–Crippen MR) is 86.1 cm³/mol. The van der Waals surface area contributed by atoms with Gasteiger partial charge in [0.1, 0.15) is 11.5 Å². The normalized spacial score (nSPS) is 10.0. The molecular formula is C15H15BrN2O3. The molecule has 3 N–H and O–H groups in total. The summed E-state index contributed by atoms with van der Waals surface area (Å²) in [6.07, 6.45) is 0. The quantitative estimate of drug-likeness (QED) is 0.829. The molecule has 0 aromatic heterocycles. The van der Waals surface area contributed by atoms with Gasteiger partial charge < -0.3 is 20.5 Å². The zero-order chi connectivity index (χ0) is 15.4. The van der Waals surface area contributed by atoms with Crippen LogP contribution in [0.4, 0.5) is 11.4 Å². The van der Waals surface area contributed by atoms with Gasteiger partial charge in [0.15, 0.2) is 0 Å². The molecule has 0 unspecified atom stereocenters. The van der Waals surface area contributed by atoms with Gasteiger partial charge in [0.05, 0.1) is 14.2 Å². The number of benzene rings is 2. The highest BCUT2D eigenvalue weighted by atomic mass is 79.9. The summed E-state index contributed by atoms with van der Waals surface area (Å²) in [6.45, 7) is 0. The molecule has 0 aliphatic heterocycles. The lowest BCUT2D eigenvalue weighted by Crippen LogP contribution is -2.12. The molecule has 2 aromatic rings. The molecule has 5 nitrogen and oxygen atoms in total. The van der Waals surface area contributed by atoms with Crippen LogP contribution in [0.3, 0.4) is 0 Å². The van der Waals surface area contributed by atoms with E-state index < -0.39 is 0 Å². The summed E-state index contributed by atoms with van der Waals surface area (Å²) in [5.74, 6) is 0.956. The van der Waals surface area contributed by atoms with E-state index in [2.05, 4.69) is 21.2 Å². The van der Waals surface area contributed by atoms with Crippen LogP contribution in [0.5, 0.6) is 11.5 Å². The van der Waals surface area contributed by atoms with Crippen LogP contribution in [-0.2, 0) is 0 Å². The molecule has 21 heavy (non-hydrogen) atoms. The Balaban J connectivity index is 2.24. The average Bonchev–Trinajstić information content (AvgIpc) is 2.49. The third-order valence-electron chi connectivity index (χ3n) is 2.87. The Morgan fingerprint density at radius 2 is 1.71 bits per heavy atom. The first kappa shape index (κ1) is 15.2. The van der Waals surface area contributed by atoms with E-state index in [1.54, 1.807) is 50.6 Å². The molecule has 2 rings (SSSR count). The van der Waals surface area contributed by atoms with E-state index in [4.69, 9.17) is 15.2 Å². The maximum Gasteiger partial charge on any atom is 0.255 e. The molecular weight excluding hydrogens is 336 g/mol. The van der Waals surface area contributed by atoms with Crippen molar-refractivity contribution in [2.45, 2.75) is 0 Å². The number of carbonyl (C=O) groups excluding carboxylic acids is 1. The molecule has 0 aliphatic rings. The van der Waals surface area contributed by atoms with Gasteiger partial charge in [0, 0.05) is 39.6 Å². The molecule has 0 atom stereocenters. The summed E-state index contributed by atoms with van der Waals surface area (Å²) >= 11 is 3.30.